The van der Waals surface area contributed by atoms with Gasteiger partial charge in [0, 0.05) is 5.88 Å². The van der Waals surface area contributed by atoms with Crippen molar-refractivity contribution in [3.05, 3.63) is 59.2 Å². The zero-order valence-electron chi connectivity index (χ0n) is 10.7. The molecule has 0 amide bonds. The van der Waals surface area contributed by atoms with Crippen molar-refractivity contribution < 1.29 is 17.9 Å². The summed E-state index contributed by atoms with van der Waals surface area (Å²) in [5.74, 6) is 0.526. The van der Waals surface area contributed by atoms with Gasteiger partial charge >= 0.3 is 6.18 Å². The summed E-state index contributed by atoms with van der Waals surface area (Å²) in [6, 6.07) is 10.3. The highest BCUT2D eigenvalue weighted by Crippen LogP contribution is 2.38. The van der Waals surface area contributed by atoms with E-state index in [1.807, 2.05) is 0 Å². The Bertz CT molecular complexity index is 608. The Balaban J connectivity index is 2.36. The highest BCUT2D eigenvalue weighted by atomic mass is 35.5. The van der Waals surface area contributed by atoms with Gasteiger partial charge in [0.25, 0.3) is 0 Å². The molecule has 0 fully saturated rings. The number of benzene rings is 2. The van der Waals surface area contributed by atoms with Crippen LogP contribution in [0.15, 0.2) is 42.5 Å². The van der Waals surface area contributed by atoms with E-state index in [2.05, 4.69) is 0 Å². The highest BCUT2D eigenvalue weighted by molar-refractivity contribution is 6.17. The maximum atomic E-state index is 12.9. The Morgan fingerprint density at radius 1 is 1.05 bits per heavy atom. The first-order chi connectivity index (χ1) is 9.41. The molecule has 0 bridgehead atoms. The van der Waals surface area contributed by atoms with Crippen LogP contribution in [0.5, 0.6) is 11.5 Å². The molecule has 0 aliphatic rings. The molecular formula is C15H12ClF3O. The average molecular weight is 301 g/mol. The lowest BCUT2D eigenvalue weighted by Gasteiger charge is -2.15. The van der Waals surface area contributed by atoms with Crippen molar-refractivity contribution >= 4 is 11.6 Å². The zero-order valence-corrected chi connectivity index (χ0v) is 11.4. The van der Waals surface area contributed by atoms with Crippen molar-refractivity contribution in [1.29, 1.82) is 0 Å². The summed E-state index contributed by atoms with van der Waals surface area (Å²) in [5, 5.41) is 0. The van der Waals surface area contributed by atoms with E-state index in [9.17, 15) is 13.2 Å². The van der Waals surface area contributed by atoms with Crippen LogP contribution in [-0.4, -0.2) is 0 Å². The van der Waals surface area contributed by atoms with Crippen molar-refractivity contribution in [1.82, 2.24) is 0 Å². The van der Waals surface area contributed by atoms with Crippen molar-refractivity contribution in [3.63, 3.8) is 0 Å². The summed E-state index contributed by atoms with van der Waals surface area (Å²) in [6.07, 6.45) is -4.44. The van der Waals surface area contributed by atoms with Crippen LogP contribution in [0.1, 0.15) is 16.7 Å². The van der Waals surface area contributed by atoms with Crippen molar-refractivity contribution in [3.8, 4) is 11.5 Å². The Hall–Kier alpha value is -1.68. The molecule has 0 unspecified atom stereocenters. The van der Waals surface area contributed by atoms with Crippen LogP contribution in [0.25, 0.3) is 0 Å². The lowest BCUT2D eigenvalue weighted by atomic mass is 10.1. The topological polar surface area (TPSA) is 9.23 Å². The summed E-state index contributed by atoms with van der Waals surface area (Å²) in [7, 11) is 0. The number of hydrogen-bond acceptors (Lipinski definition) is 1. The van der Waals surface area contributed by atoms with Gasteiger partial charge in [-0.15, -0.1) is 11.6 Å². The molecule has 0 atom stereocenters. The minimum atomic E-state index is -4.44. The summed E-state index contributed by atoms with van der Waals surface area (Å²) >= 11 is 5.71. The lowest BCUT2D eigenvalue weighted by molar-refractivity contribution is -0.138. The van der Waals surface area contributed by atoms with E-state index in [0.29, 0.717) is 11.6 Å². The van der Waals surface area contributed by atoms with Gasteiger partial charge in [-0.3, -0.25) is 0 Å². The van der Waals surface area contributed by atoms with Crippen LogP contribution in [-0.2, 0) is 12.1 Å². The molecule has 0 aliphatic heterocycles. The molecule has 2 rings (SSSR count). The average Bonchev–Trinajstić information content (AvgIpc) is 2.40. The van der Waals surface area contributed by atoms with Gasteiger partial charge in [0.15, 0.2) is 0 Å². The molecule has 0 radical (unpaired) electrons. The van der Waals surface area contributed by atoms with E-state index in [-0.39, 0.29) is 5.75 Å². The van der Waals surface area contributed by atoms with Crippen LogP contribution in [0, 0.1) is 6.92 Å². The fourth-order valence-electron chi connectivity index (χ4n) is 1.82. The number of ether oxygens (including phenoxy) is 1. The molecule has 0 heterocycles. The van der Waals surface area contributed by atoms with Gasteiger partial charge in [0.2, 0.25) is 0 Å². The summed E-state index contributed by atoms with van der Waals surface area (Å²) in [5.41, 5.74) is 0.835. The third-order valence-corrected chi connectivity index (χ3v) is 3.11. The standard InChI is InChI=1S/C15H12ClF3O/c1-10-8-11(9-16)6-7-13(10)20-14-5-3-2-4-12(14)15(17,18)19/h2-8H,9H2,1H3. The highest BCUT2D eigenvalue weighted by Gasteiger charge is 2.34. The van der Waals surface area contributed by atoms with E-state index < -0.39 is 11.7 Å². The lowest BCUT2D eigenvalue weighted by Crippen LogP contribution is -2.07. The molecule has 0 saturated carbocycles. The quantitative estimate of drug-likeness (QED) is 0.676. The molecule has 0 spiro atoms. The molecule has 5 heteroatoms. The van der Waals surface area contributed by atoms with Crippen molar-refractivity contribution in [2.45, 2.75) is 19.0 Å². The van der Waals surface area contributed by atoms with Gasteiger partial charge < -0.3 is 4.74 Å². The van der Waals surface area contributed by atoms with E-state index in [1.165, 1.54) is 18.2 Å². The summed E-state index contributed by atoms with van der Waals surface area (Å²) < 4.78 is 44.0. The van der Waals surface area contributed by atoms with Gasteiger partial charge in [0.05, 0.1) is 5.56 Å². The van der Waals surface area contributed by atoms with E-state index >= 15 is 0 Å². The van der Waals surface area contributed by atoms with Gasteiger partial charge in [-0.1, -0.05) is 24.3 Å². The first kappa shape index (κ1) is 14.7. The van der Waals surface area contributed by atoms with Gasteiger partial charge in [-0.05, 0) is 36.2 Å². The fraction of sp³-hybridized carbons (Fsp3) is 0.200. The molecule has 20 heavy (non-hydrogen) atoms. The SMILES string of the molecule is Cc1cc(CCl)ccc1Oc1ccccc1C(F)(F)F. The predicted molar refractivity (Wildman–Crippen MR) is 72.3 cm³/mol. The second-order valence-corrected chi connectivity index (χ2v) is 4.60. The van der Waals surface area contributed by atoms with E-state index in [0.717, 1.165) is 17.2 Å². The van der Waals surface area contributed by atoms with E-state index in [4.69, 9.17) is 16.3 Å². The van der Waals surface area contributed by atoms with Crippen LogP contribution in [0.2, 0.25) is 0 Å². The van der Waals surface area contributed by atoms with Crippen LogP contribution in [0.3, 0.4) is 0 Å². The number of halogens is 4. The van der Waals surface area contributed by atoms with Gasteiger partial charge in [-0.2, -0.15) is 13.2 Å². The maximum Gasteiger partial charge on any atom is 0.419 e. The largest absolute Gasteiger partial charge is 0.456 e. The minimum absolute atomic E-state index is 0.207. The van der Waals surface area contributed by atoms with Crippen molar-refractivity contribution in [2.24, 2.45) is 0 Å². The Morgan fingerprint density at radius 3 is 2.35 bits per heavy atom. The molecule has 106 valence electrons. The summed E-state index contributed by atoms with van der Waals surface area (Å²) in [6.45, 7) is 1.77. The Morgan fingerprint density at radius 2 is 1.75 bits per heavy atom. The van der Waals surface area contributed by atoms with Gasteiger partial charge in [0.1, 0.15) is 11.5 Å². The number of rotatable bonds is 3. The van der Waals surface area contributed by atoms with Crippen LogP contribution >= 0.6 is 11.6 Å². The Labute approximate surface area is 119 Å². The fourth-order valence-corrected chi connectivity index (χ4v) is 1.98. The minimum Gasteiger partial charge on any atom is -0.456 e. The maximum absolute atomic E-state index is 12.9. The number of para-hydroxylation sites is 1. The van der Waals surface area contributed by atoms with Crippen LogP contribution in [0.4, 0.5) is 13.2 Å². The molecule has 1 nitrogen and oxygen atoms in total. The molecule has 0 aromatic heterocycles. The molecule has 2 aromatic carbocycles. The molecule has 0 aliphatic carbocycles. The normalized spacial score (nSPS) is 11.4. The molecular weight excluding hydrogens is 289 g/mol. The second kappa shape index (κ2) is 5.75. The zero-order chi connectivity index (χ0) is 14.8. The van der Waals surface area contributed by atoms with Gasteiger partial charge in [-0.25, -0.2) is 0 Å². The molecule has 0 saturated heterocycles. The summed E-state index contributed by atoms with van der Waals surface area (Å²) in [4.78, 5) is 0. The predicted octanol–water partition coefficient (Wildman–Crippen LogP) is 5.54. The first-order valence-electron chi connectivity index (χ1n) is 5.91. The monoisotopic (exact) mass is 300 g/mol. The van der Waals surface area contributed by atoms with Crippen molar-refractivity contribution in [2.75, 3.05) is 0 Å². The number of alkyl halides is 4. The molecule has 2 aromatic rings. The number of aryl methyl sites for hydroxylation is 1. The Kier molecular flexibility index (Phi) is 4.23. The molecule has 0 N–H and O–H groups in total. The van der Waals surface area contributed by atoms with Crippen LogP contribution < -0.4 is 4.74 Å². The van der Waals surface area contributed by atoms with E-state index in [1.54, 1.807) is 25.1 Å². The smallest absolute Gasteiger partial charge is 0.419 e. The third kappa shape index (κ3) is 3.25. The first-order valence-corrected chi connectivity index (χ1v) is 6.45. The number of hydrogen-bond donors (Lipinski definition) is 0. The second-order valence-electron chi connectivity index (χ2n) is 4.33. The third-order valence-electron chi connectivity index (χ3n) is 2.81.